The molecule has 1 aliphatic carbocycles. The molecule has 110 valence electrons. The summed E-state index contributed by atoms with van der Waals surface area (Å²) < 4.78 is 1.03. The van der Waals surface area contributed by atoms with Gasteiger partial charge in [0.2, 0.25) is 0 Å². The largest absolute Gasteiger partial charge is 0.331 e. The van der Waals surface area contributed by atoms with Gasteiger partial charge in [-0.2, -0.15) is 5.26 Å². The number of hydrogen-bond donors (Lipinski definition) is 0. The van der Waals surface area contributed by atoms with E-state index in [0.29, 0.717) is 23.7 Å². The molecule has 2 aromatic carbocycles. The first-order chi connectivity index (χ1) is 10.7. The first-order valence-electron chi connectivity index (χ1n) is 7.23. The summed E-state index contributed by atoms with van der Waals surface area (Å²) in [5.74, 6) is 0.0370. The number of carbonyl (C=O) groups excluding carboxylic acids is 1. The van der Waals surface area contributed by atoms with Gasteiger partial charge in [0.05, 0.1) is 11.6 Å². The van der Waals surface area contributed by atoms with Gasteiger partial charge in [0.15, 0.2) is 0 Å². The average molecular weight is 355 g/mol. The highest BCUT2D eigenvalue weighted by Gasteiger charge is 2.33. The Hall–Kier alpha value is -2.12. The number of halogens is 1. The van der Waals surface area contributed by atoms with Gasteiger partial charge in [-0.3, -0.25) is 4.79 Å². The molecule has 1 saturated carbocycles. The maximum Gasteiger partial charge on any atom is 0.254 e. The first kappa shape index (κ1) is 14.8. The minimum atomic E-state index is 0.0370. The molecule has 2 aromatic rings. The van der Waals surface area contributed by atoms with E-state index in [2.05, 4.69) is 22.0 Å². The van der Waals surface area contributed by atoms with Crippen LogP contribution in [0.4, 0.5) is 0 Å². The van der Waals surface area contributed by atoms with Crippen LogP contribution in [-0.2, 0) is 6.54 Å². The van der Waals surface area contributed by atoms with Crippen molar-refractivity contribution in [3.63, 3.8) is 0 Å². The number of nitriles is 1. The van der Waals surface area contributed by atoms with Gasteiger partial charge < -0.3 is 4.90 Å². The standard InChI is InChI=1S/C18H15BrN2O/c19-16-7-3-14(4-8-16)12-21(17-9-10-17)18(22)15-5-1-13(11-20)2-6-15/h1-8,17H,9-10,12H2. The van der Waals surface area contributed by atoms with Gasteiger partial charge in [-0.25, -0.2) is 0 Å². The van der Waals surface area contributed by atoms with Crippen molar-refractivity contribution in [1.82, 2.24) is 4.90 Å². The van der Waals surface area contributed by atoms with E-state index < -0.39 is 0 Å². The van der Waals surface area contributed by atoms with Gasteiger partial charge in [0.25, 0.3) is 5.91 Å². The lowest BCUT2D eigenvalue weighted by Crippen LogP contribution is -2.32. The molecular formula is C18H15BrN2O. The SMILES string of the molecule is N#Cc1ccc(C(=O)N(Cc2ccc(Br)cc2)C2CC2)cc1. The predicted octanol–water partition coefficient (Wildman–Crippen LogP) is 4.13. The van der Waals surface area contributed by atoms with Crippen molar-refractivity contribution < 1.29 is 4.79 Å². The minimum Gasteiger partial charge on any atom is -0.331 e. The molecule has 0 N–H and O–H groups in total. The summed E-state index contributed by atoms with van der Waals surface area (Å²) in [6.07, 6.45) is 2.14. The summed E-state index contributed by atoms with van der Waals surface area (Å²) in [5, 5.41) is 8.84. The molecule has 0 saturated heterocycles. The van der Waals surface area contributed by atoms with Crippen molar-refractivity contribution in [1.29, 1.82) is 5.26 Å². The lowest BCUT2D eigenvalue weighted by molar-refractivity contribution is 0.0730. The monoisotopic (exact) mass is 354 g/mol. The number of rotatable bonds is 4. The molecule has 3 nitrogen and oxygen atoms in total. The fraction of sp³-hybridized carbons (Fsp3) is 0.222. The Morgan fingerprint density at radius 2 is 1.77 bits per heavy atom. The summed E-state index contributed by atoms with van der Waals surface area (Å²) in [6, 6.07) is 17.3. The molecule has 0 aliphatic heterocycles. The van der Waals surface area contributed by atoms with Gasteiger partial charge in [0.1, 0.15) is 0 Å². The van der Waals surface area contributed by atoms with Crippen LogP contribution >= 0.6 is 15.9 Å². The maximum absolute atomic E-state index is 12.7. The average Bonchev–Trinajstić information content (AvgIpc) is 3.38. The summed E-state index contributed by atoms with van der Waals surface area (Å²) in [6.45, 7) is 0.622. The van der Waals surface area contributed by atoms with Crippen molar-refractivity contribution in [2.75, 3.05) is 0 Å². The molecule has 1 fully saturated rings. The number of hydrogen-bond acceptors (Lipinski definition) is 2. The molecule has 0 bridgehead atoms. The highest BCUT2D eigenvalue weighted by Crippen LogP contribution is 2.30. The van der Waals surface area contributed by atoms with Crippen molar-refractivity contribution in [3.05, 3.63) is 69.7 Å². The second-order valence-corrected chi connectivity index (χ2v) is 6.40. The molecule has 0 spiro atoms. The number of carbonyl (C=O) groups is 1. The molecule has 3 rings (SSSR count). The Labute approximate surface area is 138 Å². The van der Waals surface area contributed by atoms with Crippen molar-refractivity contribution >= 4 is 21.8 Å². The second-order valence-electron chi connectivity index (χ2n) is 5.48. The number of amides is 1. The van der Waals surface area contributed by atoms with Crippen LogP contribution in [0.2, 0.25) is 0 Å². The number of nitrogens with zero attached hydrogens (tertiary/aromatic N) is 2. The normalized spacial score (nSPS) is 13.5. The fourth-order valence-electron chi connectivity index (χ4n) is 2.39. The van der Waals surface area contributed by atoms with Crippen LogP contribution in [0.25, 0.3) is 0 Å². The van der Waals surface area contributed by atoms with E-state index in [1.165, 1.54) is 0 Å². The van der Waals surface area contributed by atoms with Gasteiger partial charge in [-0.05, 0) is 54.8 Å². The van der Waals surface area contributed by atoms with Crippen molar-refractivity contribution in [3.8, 4) is 6.07 Å². The molecule has 4 heteroatoms. The number of benzene rings is 2. The molecule has 0 aromatic heterocycles. The molecule has 1 amide bonds. The van der Waals surface area contributed by atoms with Gasteiger partial charge >= 0.3 is 0 Å². The van der Waals surface area contributed by atoms with Crippen LogP contribution in [0.1, 0.15) is 34.3 Å². The van der Waals surface area contributed by atoms with Crippen LogP contribution < -0.4 is 0 Å². The third-order valence-corrected chi connectivity index (χ3v) is 4.30. The third-order valence-electron chi connectivity index (χ3n) is 3.78. The Kier molecular flexibility index (Phi) is 4.26. The molecule has 1 aliphatic rings. The zero-order valence-corrected chi connectivity index (χ0v) is 13.6. The van der Waals surface area contributed by atoms with Gasteiger partial charge in [0, 0.05) is 22.6 Å². The second kappa shape index (κ2) is 6.33. The van der Waals surface area contributed by atoms with Crippen LogP contribution in [-0.4, -0.2) is 16.8 Å². The summed E-state index contributed by atoms with van der Waals surface area (Å²) >= 11 is 3.43. The van der Waals surface area contributed by atoms with E-state index in [-0.39, 0.29) is 5.91 Å². The van der Waals surface area contributed by atoms with E-state index in [1.54, 1.807) is 24.3 Å². The summed E-state index contributed by atoms with van der Waals surface area (Å²) in [5.41, 5.74) is 2.34. The Morgan fingerprint density at radius 3 is 2.32 bits per heavy atom. The van der Waals surface area contributed by atoms with Crippen molar-refractivity contribution in [2.24, 2.45) is 0 Å². The maximum atomic E-state index is 12.7. The molecule has 0 radical (unpaired) electrons. The first-order valence-corrected chi connectivity index (χ1v) is 8.02. The Balaban J connectivity index is 1.79. The van der Waals surface area contributed by atoms with E-state index in [0.717, 1.165) is 22.9 Å². The predicted molar refractivity (Wildman–Crippen MR) is 88.2 cm³/mol. The zero-order valence-electron chi connectivity index (χ0n) is 12.0. The summed E-state index contributed by atoms with van der Waals surface area (Å²) in [7, 11) is 0. The van der Waals surface area contributed by atoms with Crippen LogP contribution in [0.5, 0.6) is 0 Å². The molecule has 22 heavy (non-hydrogen) atoms. The quantitative estimate of drug-likeness (QED) is 0.828. The zero-order chi connectivity index (χ0) is 15.5. The van der Waals surface area contributed by atoms with E-state index >= 15 is 0 Å². The lowest BCUT2D eigenvalue weighted by Gasteiger charge is -2.22. The Morgan fingerprint density at radius 1 is 1.14 bits per heavy atom. The van der Waals surface area contributed by atoms with Crippen molar-refractivity contribution in [2.45, 2.75) is 25.4 Å². The summed E-state index contributed by atoms with van der Waals surface area (Å²) in [4.78, 5) is 14.7. The lowest BCUT2D eigenvalue weighted by atomic mass is 10.1. The highest BCUT2D eigenvalue weighted by atomic mass is 79.9. The van der Waals surface area contributed by atoms with E-state index in [9.17, 15) is 4.79 Å². The molecule has 0 unspecified atom stereocenters. The minimum absolute atomic E-state index is 0.0370. The highest BCUT2D eigenvalue weighted by molar-refractivity contribution is 9.10. The third kappa shape index (κ3) is 3.37. The Bertz CT molecular complexity index is 712. The fourth-order valence-corrected chi connectivity index (χ4v) is 2.66. The smallest absolute Gasteiger partial charge is 0.254 e. The van der Waals surface area contributed by atoms with Gasteiger partial charge in [-0.1, -0.05) is 28.1 Å². The van der Waals surface area contributed by atoms with Crippen LogP contribution in [0, 0.1) is 11.3 Å². The van der Waals surface area contributed by atoms with E-state index in [4.69, 9.17) is 5.26 Å². The molecule has 0 atom stereocenters. The van der Waals surface area contributed by atoms with E-state index in [1.807, 2.05) is 29.2 Å². The van der Waals surface area contributed by atoms with Crippen LogP contribution in [0.15, 0.2) is 53.0 Å². The molecular weight excluding hydrogens is 340 g/mol. The molecule has 0 heterocycles. The van der Waals surface area contributed by atoms with Gasteiger partial charge in [-0.15, -0.1) is 0 Å². The topological polar surface area (TPSA) is 44.1 Å². The van der Waals surface area contributed by atoms with Crippen LogP contribution in [0.3, 0.4) is 0 Å².